The molecule has 23 heavy (non-hydrogen) atoms. The van der Waals surface area contributed by atoms with E-state index in [1.54, 1.807) is 0 Å². The molecule has 3 nitrogen and oxygen atoms in total. The summed E-state index contributed by atoms with van der Waals surface area (Å²) in [6.07, 6.45) is 7.90. The Hall–Kier alpha value is -1.23. The van der Waals surface area contributed by atoms with Crippen LogP contribution in [0.5, 0.6) is 0 Å². The monoisotopic (exact) mass is 329 g/mol. The molecule has 0 amide bonds. The number of piperidine rings is 1. The third kappa shape index (κ3) is 5.13. The maximum Gasteiger partial charge on any atom is 0.0331 e. The van der Waals surface area contributed by atoms with Crippen molar-refractivity contribution in [1.82, 2.24) is 14.8 Å². The fourth-order valence-electron chi connectivity index (χ4n) is 3.21. The minimum Gasteiger partial charge on any atom is -0.299 e. The highest BCUT2D eigenvalue weighted by Crippen LogP contribution is 2.21. The van der Waals surface area contributed by atoms with Crippen molar-refractivity contribution in [2.24, 2.45) is 0 Å². The van der Waals surface area contributed by atoms with Crippen molar-refractivity contribution in [3.8, 4) is 0 Å². The molecular formula is C19H27N3S. The van der Waals surface area contributed by atoms with Gasteiger partial charge < -0.3 is 0 Å². The molecule has 1 aliphatic rings. The van der Waals surface area contributed by atoms with Crippen LogP contribution in [0.3, 0.4) is 0 Å². The summed E-state index contributed by atoms with van der Waals surface area (Å²) in [5.74, 6) is 0. The third-order valence-corrected chi connectivity index (χ3v) is 5.52. The summed E-state index contributed by atoms with van der Waals surface area (Å²) in [6.45, 7) is 9.03. The average Bonchev–Trinajstić information content (AvgIpc) is 3.03. The summed E-state index contributed by atoms with van der Waals surface area (Å²) in [5.41, 5.74) is 2.83. The van der Waals surface area contributed by atoms with Crippen molar-refractivity contribution >= 4 is 11.3 Å². The molecule has 0 saturated carbocycles. The lowest BCUT2D eigenvalue weighted by Crippen LogP contribution is -2.28. The number of pyridine rings is 1. The van der Waals surface area contributed by atoms with Gasteiger partial charge in [-0.2, -0.15) is 0 Å². The number of thiophene rings is 1. The van der Waals surface area contributed by atoms with Gasteiger partial charge in [0, 0.05) is 36.9 Å². The summed E-state index contributed by atoms with van der Waals surface area (Å²) in [7, 11) is 0. The van der Waals surface area contributed by atoms with Crippen LogP contribution in [0.4, 0.5) is 0 Å². The first-order chi connectivity index (χ1) is 11.3. The van der Waals surface area contributed by atoms with Crippen LogP contribution in [-0.2, 0) is 19.6 Å². The Balaban J connectivity index is 1.54. The van der Waals surface area contributed by atoms with E-state index in [9.17, 15) is 0 Å². The summed E-state index contributed by atoms with van der Waals surface area (Å²) in [6, 6.07) is 6.63. The van der Waals surface area contributed by atoms with Crippen LogP contribution in [0, 0.1) is 0 Å². The minimum absolute atomic E-state index is 0.998. The van der Waals surface area contributed by atoms with E-state index in [-0.39, 0.29) is 0 Å². The normalized spacial score (nSPS) is 16.1. The molecule has 0 N–H and O–H groups in total. The Kier molecular flexibility index (Phi) is 6.20. The van der Waals surface area contributed by atoms with Gasteiger partial charge in [-0.25, -0.2) is 0 Å². The van der Waals surface area contributed by atoms with Gasteiger partial charge in [-0.3, -0.25) is 14.8 Å². The van der Waals surface area contributed by atoms with Crippen LogP contribution in [0.2, 0.25) is 0 Å². The van der Waals surface area contributed by atoms with Crippen molar-refractivity contribution < 1.29 is 0 Å². The zero-order valence-corrected chi connectivity index (χ0v) is 14.9. The number of likely N-dealkylation sites (tertiary alicyclic amines) is 1. The van der Waals surface area contributed by atoms with Gasteiger partial charge in [-0.15, -0.1) is 11.3 Å². The van der Waals surface area contributed by atoms with Gasteiger partial charge in [0.1, 0.15) is 0 Å². The summed E-state index contributed by atoms with van der Waals surface area (Å²) >= 11 is 1.91. The first-order valence-corrected chi connectivity index (χ1v) is 9.61. The molecule has 0 atom stereocenters. The highest BCUT2D eigenvalue weighted by Gasteiger charge is 2.12. The molecule has 2 aromatic heterocycles. The number of hydrogen-bond donors (Lipinski definition) is 0. The highest BCUT2D eigenvalue weighted by atomic mass is 32.1. The largest absolute Gasteiger partial charge is 0.299 e. The van der Waals surface area contributed by atoms with Gasteiger partial charge in [-0.05, 0) is 67.2 Å². The predicted octanol–water partition coefficient (Wildman–Crippen LogP) is 4.15. The van der Waals surface area contributed by atoms with E-state index in [1.165, 1.54) is 48.4 Å². The Morgan fingerprint density at radius 1 is 1.09 bits per heavy atom. The van der Waals surface area contributed by atoms with Gasteiger partial charge >= 0.3 is 0 Å². The van der Waals surface area contributed by atoms with Crippen LogP contribution in [0.25, 0.3) is 0 Å². The second-order valence-electron chi connectivity index (χ2n) is 6.42. The number of nitrogens with zero attached hydrogens (tertiary/aromatic N) is 3. The van der Waals surface area contributed by atoms with Gasteiger partial charge in [0.2, 0.25) is 0 Å². The molecule has 0 radical (unpaired) electrons. The smallest absolute Gasteiger partial charge is 0.0331 e. The van der Waals surface area contributed by atoms with Gasteiger partial charge in [0.05, 0.1) is 0 Å². The van der Waals surface area contributed by atoms with Crippen LogP contribution >= 0.6 is 11.3 Å². The Bertz CT molecular complexity index is 575. The fraction of sp³-hybridized carbons (Fsp3) is 0.526. The Labute approximate surface area is 144 Å². The van der Waals surface area contributed by atoms with Crippen LogP contribution < -0.4 is 0 Å². The third-order valence-electron chi connectivity index (χ3n) is 4.55. The Morgan fingerprint density at radius 2 is 1.87 bits per heavy atom. The number of aromatic nitrogens is 1. The number of hydrogen-bond acceptors (Lipinski definition) is 4. The van der Waals surface area contributed by atoms with Gasteiger partial charge in [0.15, 0.2) is 0 Å². The average molecular weight is 330 g/mol. The molecule has 0 aliphatic carbocycles. The SMILES string of the molecule is CCN(Cc1ccncc1)Cc1cc(CN2CCCCC2)cs1. The van der Waals surface area contributed by atoms with E-state index >= 15 is 0 Å². The highest BCUT2D eigenvalue weighted by molar-refractivity contribution is 7.10. The molecule has 0 unspecified atom stereocenters. The molecule has 0 spiro atoms. The molecule has 1 saturated heterocycles. The van der Waals surface area contributed by atoms with Crippen molar-refractivity contribution in [1.29, 1.82) is 0 Å². The summed E-state index contributed by atoms with van der Waals surface area (Å²) in [5, 5.41) is 2.35. The molecule has 1 fully saturated rings. The van der Waals surface area contributed by atoms with Crippen molar-refractivity contribution in [2.45, 2.75) is 45.8 Å². The molecule has 124 valence electrons. The molecule has 2 aromatic rings. The molecule has 4 heteroatoms. The van der Waals surface area contributed by atoms with Crippen molar-refractivity contribution in [3.63, 3.8) is 0 Å². The summed E-state index contributed by atoms with van der Waals surface area (Å²) in [4.78, 5) is 10.7. The van der Waals surface area contributed by atoms with Crippen LogP contribution in [-0.4, -0.2) is 34.4 Å². The quantitative estimate of drug-likeness (QED) is 0.760. The standard InChI is InChI=1S/C19H27N3S/c1-2-21(13-17-6-8-20-9-7-17)15-19-12-18(16-23-19)14-22-10-4-3-5-11-22/h6-9,12,16H,2-5,10-11,13-15H2,1H3. The van der Waals surface area contributed by atoms with Crippen molar-refractivity contribution in [3.05, 3.63) is 52.0 Å². The van der Waals surface area contributed by atoms with Gasteiger partial charge in [-0.1, -0.05) is 13.3 Å². The zero-order chi connectivity index (χ0) is 15.9. The fourth-order valence-corrected chi connectivity index (χ4v) is 4.14. The van der Waals surface area contributed by atoms with Crippen molar-refractivity contribution in [2.75, 3.05) is 19.6 Å². The zero-order valence-electron chi connectivity index (χ0n) is 14.1. The predicted molar refractivity (Wildman–Crippen MR) is 97.5 cm³/mol. The maximum absolute atomic E-state index is 4.10. The second kappa shape index (κ2) is 8.57. The van der Waals surface area contributed by atoms with Gasteiger partial charge in [0.25, 0.3) is 0 Å². The van der Waals surface area contributed by atoms with E-state index in [1.807, 2.05) is 23.7 Å². The lowest BCUT2D eigenvalue weighted by atomic mass is 10.1. The van der Waals surface area contributed by atoms with E-state index in [4.69, 9.17) is 0 Å². The Morgan fingerprint density at radius 3 is 2.61 bits per heavy atom. The molecule has 1 aliphatic heterocycles. The molecule has 3 heterocycles. The molecule has 0 aromatic carbocycles. The van der Waals surface area contributed by atoms with E-state index in [2.05, 4.69) is 45.3 Å². The maximum atomic E-state index is 4.10. The molecular weight excluding hydrogens is 302 g/mol. The minimum atomic E-state index is 0.998. The lowest BCUT2D eigenvalue weighted by molar-refractivity contribution is 0.221. The molecule has 0 bridgehead atoms. The second-order valence-corrected chi connectivity index (χ2v) is 7.41. The first kappa shape index (κ1) is 16.6. The van der Waals surface area contributed by atoms with E-state index in [0.717, 1.165) is 26.2 Å². The summed E-state index contributed by atoms with van der Waals surface area (Å²) < 4.78 is 0. The first-order valence-electron chi connectivity index (χ1n) is 8.73. The topological polar surface area (TPSA) is 19.4 Å². The number of rotatable bonds is 7. The van der Waals surface area contributed by atoms with E-state index in [0.29, 0.717) is 0 Å². The molecule has 3 rings (SSSR count). The van der Waals surface area contributed by atoms with Crippen LogP contribution in [0.15, 0.2) is 36.0 Å². The van der Waals surface area contributed by atoms with E-state index < -0.39 is 0 Å². The van der Waals surface area contributed by atoms with Crippen LogP contribution in [0.1, 0.15) is 42.2 Å². The lowest BCUT2D eigenvalue weighted by Gasteiger charge is -2.25.